The van der Waals surface area contributed by atoms with Crippen molar-refractivity contribution in [2.24, 2.45) is 0 Å². The van der Waals surface area contributed by atoms with Gasteiger partial charge in [-0.2, -0.15) is 26.3 Å². The van der Waals surface area contributed by atoms with Gasteiger partial charge in [0.1, 0.15) is 0 Å². The number of halogens is 6. The zero-order chi connectivity index (χ0) is 15.8. The van der Waals surface area contributed by atoms with Crippen molar-refractivity contribution in [2.75, 3.05) is 5.73 Å². The largest absolute Gasteiger partial charge is 0.418 e. The number of benzene rings is 1. The third-order valence-corrected chi connectivity index (χ3v) is 2.75. The van der Waals surface area contributed by atoms with E-state index >= 15 is 0 Å². The zero-order valence-electron chi connectivity index (χ0n) is 10.3. The topological polar surface area (TPSA) is 38.9 Å². The number of nitrogen functional groups attached to an aromatic ring is 1. The maximum Gasteiger partial charge on any atom is 0.418 e. The number of nitrogens with zero attached hydrogens (tertiary/aromatic N) is 1. The number of rotatable bonds is 1. The van der Waals surface area contributed by atoms with E-state index in [1.807, 2.05) is 0 Å². The lowest BCUT2D eigenvalue weighted by molar-refractivity contribution is -0.138. The summed E-state index contributed by atoms with van der Waals surface area (Å²) in [6.07, 6.45) is -8.34. The van der Waals surface area contributed by atoms with Crippen LogP contribution in [0.2, 0.25) is 0 Å². The molecule has 0 fully saturated rings. The fourth-order valence-electron chi connectivity index (χ4n) is 1.70. The highest BCUT2D eigenvalue weighted by molar-refractivity contribution is 5.63. The molecule has 2 N–H and O–H groups in total. The van der Waals surface area contributed by atoms with Gasteiger partial charge in [-0.3, -0.25) is 4.98 Å². The number of nitrogens with two attached hydrogens (primary N) is 1. The molecule has 0 amide bonds. The van der Waals surface area contributed by atoms with Crippen molar-refractivity contribution in [3.05, 3.63) is 47.7 Å². The Kier molecular flexibility index (Phi) is 3.56. The second-order valence-electron chi connectivity index (χ2n) is 4.23. The number of alkyl halides is 6. The first-order valence-electron chi connectivity index (χ1n) is 5.59. The number of pyridine rings is 1. The van der Waals surface area contributed by atoms with Crippen LogP contribution in [-0.4, -0.2) is 4.98 Å². The molecule has 8 heteroatoms. The third kappa shape index (κ3) is 3.26. The van der Waals surface area contributed by atoms with Crippen LogP contribution in [0, 0.1) is 0 Å². The van der Waals surface area contributed by atoms with Crippen LogP contribution in [0.5, 0.6) is 0 Å². The molecule has 1 aromatic carbocycles. The van der Waals surface area contributed by atoms with E-state index in [1.54, 1.807) is 0 Å². The standard InChI is InChI=1S/C13H8F6N2/c14-12(15,16)8-3-1-7(2-4-8)11-5-9(13(17,18)19)10(20)6-21-11/h1-6H,20H2. The fourth-order valence-corrected chi connectivity index (χ4v) is 1.70. The molecule has 0 radical (unpaired) electrons. The summed E-state index contributed by atoms with van der Waals surface area (Å²) in [4.78, 5) is 3.71. The molecule has 0 aliphatic rings. The third-order valence-electron chi connectivity index (χ3n) is 2.75. The van der Waals surface area contributed by atoms with E-state index in [9.17, 15) is 26.3 Å². The SMILES string of the molecule is Nc1cnc(-c2ccc(C(F)(F)F)cc2)cc1C(F)(F)F. The van der Waals surface area contributed by atoms with E-state index in [0.29, 0.717) is 6.07 Å². The van der Waals surface area contributed by atoms with Crippen molar-refractivity contribution in [3.8, 4) is 11.3 Å². The maximum absolute atomic E-state index is 12.7. The summed E-state index contributed by atoms with van der Waals surface area (Å²) in [6, 6.07) is 4.38. The van der Waals surface area contributed by atoms with Crippen LogP contribution in [0.25, 0.3) is 11.3 Å². The Labute approximate surface area is 115 Å². The molecular weight excluding hydrogens is 298 g/mol. The van der Waals surface area contributed by atoms with E-state index in [0.717, 1.165) is 30.5 Å². The minimum Gasteiger partial charge on any atom is -0.397 e. The molecule has 0 unspecified atom stereocenters. The second kappa shape index (κ2) is 4.94. The first-order chi connectivity index (χ1) is 9.59. The zero-order valence-corrected chi connectivity index (χ0v) is 10.3. The highest BCUT2D eigenvalue weighted by Crippen LogP contribution is 2.36. The van der Waals surface area contributed by atoms with E-state index in [2.05, 4.69) is 4.98 Å². The van der Waals surface area contributed by atoms with E-state index < -0.39 is 29.2 Å². The van der Waals surface area contributed by atoms with Crippen LogP contribution in [0.1, 0.15) is 11.1 Å². The summed E-state index contributed by atoms with van der Waals surface area (Å²) in [5.41, 5.74) is 2.72. The minimum absolute atomic E-state index is 0.106. The van der Waals surface area contributed by atoms with Gasteiger partial charge in [0, 0.05) is 5.56 Å². The Morgan fingerprint density at radius 2 is 1.43 bits per heavy atom. The Bertz CT molecular complexity index is 643. The highest BCUT2D eigenvalue weighted by atomic mass is 19.4. The van der Waals surface area contributed by atoms with Crippen LogP contribution in [0.15, 0.2) is 36.5 Å². The van der Waals surface area contributed by atoms with Crippen molar-refractivity contribution >= 4 is 5.69 Å². The molecule has 0 saturated heterocycles. The van der Waals surface area contributed by atoms with Crippen molar-refractivity contribution in [1.82, 2.24) is 4.98 Å². The van der Waals surface area contributed by atoms with E-state index in [4.69, 9.17) is 5.73 Å². The molecular formula is C13H8F6N2. The fraction of sp³-hybridized carbons (Fsp3) is 0.154. The number of aromatic nitrogens is 1. The number of hydrogen-bond donors (Lipinski definition) is 1. The Hall–Kier alpha value is -2.25. The highest BCUT2D eigenvalue weighted by Gasteiger charge is 2.34. The first-order valence-corrected chi connectivity index (χ1v) is 5.59. The summed E-state index contributed by atoms with van der Waals surface area (Å²) in [7, 11) is 0. The van der Waals surface area contributed by atoms with Crippen molar-refractivity contribution in [1.29, 1.82) is 0 Å². The lowest BCUT2D eigenvalue weighted by atomic mass is 10.1. The van der Waals surface area contributed by atoms with Crippen LogP contribution in [0.4, 0.5) is 32.0 Å². The van der Waals surface area contributed by atoms with Gasteiger partial charge in [0.2, 0.25) is 0 Å². The summed E-state index contributed by atoms with van der Waals surface area (Å²) >= 11 is 0. The number of hydrogen-bond acceptors (Lipinski definition) is 2. The molecule has 2 nitrogen and oxygen atoms in total. The summed E-state index contributed by atoms with van der Waals surface area (Å²) in [6.45, 7) is 0. The monoisotopic (exact) mass is 306 g/mol. The van der Waals surface area contributed by atoms with E-state index in [1.165, 1.54) is 0 Å². The molecule has 21 heavy (non-hydrogen) atoms. The molecule has 2 rings (SSSR count). The van der Waals surface area contributed by atoms with Gasteiger partial charge in [0.25, 0.3) is 0 Å². The molecule has 112 valence electrons. The molecule has 0 atom stereocenters. The second-order valence-corrected chi connectivity index (χ2v) is 4.23. The predicted octanol–water partition coefficient (Wildman–Crippen LogP) is 4.37. The van der Waals surface area contributed by atoms with Crippen molar-refractivity contribution in [2.45, 2.75) is 12.4 Å². The predicted molar refractivity (Wildman–Crippen MR) is 64.1 cm³/mol. The Morgan fingerprint density at radius 1 is 0.857 bits per heavy atom. The van der Waals surface area contributed by atoms with Gasteiger partial charge >= 0.3 is 12.4 Å². The summed E-state index contributed by atoms with van der Waals surface area (Å²) < 4.78 is 75.4. The van der Waals surface area contributed by atoms with Crippen LogP contribution >= 0.6 is 0 Å². The summed E-state index contributed by atoms with van der Waals surface area (Å²) in [5, 5.41) is 0. The smallest absolute Gasteiger partial charge is 0.397 e. The first kappa shape index (κ1) is 15.1. The Balaban J connectivity index is 2.44. The molecule has 0 spiro atoms. The minimum atomic E-state index is -4.66. The molecule has 0 saturated carbocycles. The molecule has 2 aromatic rings. The average Bonchev–Trinajstić information content (AvgIpc) is 2.37. The van der Waals surface area contributed by atoms with Gasteiger partial charge in [-0.25, -0.2) is 0 Å². The lowest BCUT2D eigenvalue weighted by Crippen LogP contribution is -2.09. The molecule has 0 bridgehead atoms. The molecule has 1 heterocycles. The molecule has 0 aliphatic heterocycles. The normalized spacial score (nSPS) is 12.5. The quantitative estimate of drug-likeness (QED) is 0.795. The van der Waals surface area contributed by atoms with Crippen LogP contribution in [0.3, 0.4) is 0 Å². The van der Waals surface area contributed by atoms with Gasteiger partial charge < -0.3 is 5.73 Å². The van der Waals surface area contributed by atoms with Gasteiger partial charge in [0.05, 0.1) is 28.7 Å². The van der Waals surface area contributed by atoms with Crippen molar-refractivity contribution in [3.63, 3.8) is 0 Å². The summed E-state index contributed by atoms with van der Waals surface area (Å²) in [5.74, 6) is 0. The van der Waals surface area contributed by atoms with Gasteiger partial charge in [0.15, 0.2) is 0 Å². The van der Waals surface area contributed by atoms with Gasteiger partial charge in [-0.1, -0.05) is 12.1 Å². The van der Waals surface area contributed by atoms with Gasteiger partial charge in [-0.15, -0.1) is 0 Å². The molecule has 1 aromatic heterocycles. The lowest BCUT2D eigenvalue weighted by Gasteiger charge is -2.12. The Morgan fingerprint density at radius 3 is 1.90 bits per heavy atom. The van der Waals surface area contributed by atoms with E-state index in [-0.39, 0.29) is 11.3 Å². The van der Waals surface area contributed by atoms with Crippen molar-refractivity contribution < 1.29 is 26.3 Å². The van der Waals surface area contributed by atoms with Crippen LogP contribution in [-0.2, 0) is 12.4 Å². The molecule has 0 aliphatic carbocycles. The number of anilines is 1. The average molecular weight is 306 g/mol. The maximum atomic E-state index is 12.7. The van der Waals surface area contributed by atoms with Crippen LogP contribution < -0.4 is 5.73 Å². The van der Waals surface area contributed by atoms with Gasteiger partial charge in [-0.05, 0) is 18.2 Å².